The van der Waals surface area contributed by atoms with E-state index in [0.29, 0.717) is 0 Å². The fourth-order valence-corrected chi connectivity index (χ4v) is 0.450. The summed E-state index contributed by atoms with van der Waals surface area (Å²) < 4.78 is 0. The van der Waals surface area contributed by atoms with Crippen molar-refractivity contribution >= 4 is 6.21 Å². The average Bonchev–Trinajstić information content (AvgIpc) is 1.68. The van der Waals surface area contributed by atoms with E-state index in [2.05, 4.69) is 0 Å². The maximum atomic E-state index is 6.68. The lowest BCUT2D eigenvalue weighted by Crippen LogP contribution is -1.66. The average molecular weight is 109 g/mol. The minimum absolute atomic E-state index is 1.11. The first kappa shape index (κ1) is 7.15. The minimum Gasteiger partial charge on any atom is -0.309 e. The topological polar surface area (TPSA) is 23.9 Å². The maximum absolute atomic E-state index is 6.68. The Morgan fingerprint density at radius 2 is 2.12 bits per heavy atom. The third-order valence-electron chi connectivity index (χ3n) is 0.776. The summed E-state index contributed by atoms with van der Waals surface area (Å²) in [6.45, 7) is 3.92. The van der Waals surface area contributed by atoms with Gasteiger partial charge in [0.1, 0.15) is 0 Å². The number of hydrogen-bond acceptors (Lipinski definition) is 1. The molecule has 0 aliphatic rings. The fourth-order valence-electron chi connectivity index (χ4n) is 0.450. The summed E-state index contributed by atoms with van der Waals surface area (Å²) in [5, 5.41) is 6.68. The lowest BCUT2D eigenvalue weighted by atomic mass is 10.3. The molecule has 0 aliphatic carbocycles. The van der Waals surface area contributed by atoms with Gasteiger partial charge in [-0.3, -0.25) is 0 Å². The second-order valence-electron chi connectivity index (χ2n) is 1.58. The lowest BCUT2D eigenvalue weighted by Gasteiger charge is -1.82. The van der Waals surface area contributed by atoms with E-state index in [9.17, 15) is 0 Å². The number of allylic oxidation sites excluding steroid dienone is 4. The van der Waals surface area contributed by atoms with Crippen molar-refractivity contribution in [1.29, 1.82) is 5.41 Å². The van der Waals surface area contributed by atoms with Crippen LogP contribution in [0.15, 0.2) is 23.8 Å². The molecule has 0 radical (unpaired) electrons. The minimum atomic E-state index is 1.11. The largest absolute Gasteiger partial charge is 0.309 e. The van der Waals surface area contributed by atoms with E-state index in [4.69, 9.17) is 5.41 Å². The summed E-state index contributed by atoms with van der Waals surface area (Å²) >= 11 is 0. The van der Waals surface area contributed by atoms with Crippen LogP contribution in [0, 0.1) is 5.41 Å². The van der Waals surface area contributed by atoms with Crippen molar-refractivity contribution in [2.24, 2.45) is 0 Å². The normalized spacial score (nSPS) is 12.5. The highest BCUT2D eigenvalue weighted by Crippen LogP contribution is 1.90. The molecule has 0 saturated carbocycles. The SMILES string of the molecule is C/C=C/C(C)=C/C=N. The van der Waals surface area contributed by atoms with Crippen molar-refractivity contribution in [3.05, 3.63) is 23.8 Å². The molecule has 0 atom stereocenters. The molecule has 1 nitrogen and oxygen atoms in total. The Kier molecular flexibility index (Phi) is 3.85. The summed E-state index contributed by atoms with van der Waals surface area (Å²) in [7, 11) is 0. The molecule has 44 valence electrons. The third-order valence-corrected chi connectivity index (χ3v) is 0.776. The molecule has 0 spiro atoms. The van der Waals surface area contributed by atoms with Gasteiger partial charge in [-0.15, -0.1) is 0 Å². The maximum Gasteiger partial charge on any atom is 0.0180 e. The molecule has 0 unspecified atom stereocenters. The molecule has 1 N–H and O–H groups in total. The standard InChI is InChI=1S/C7H11N/c1-3-4-7(2)5-6-8/h3-6,8H,1-2H3/b4-3+,7-5+,8-6?. The highest BCUT2D eigenvalue weighted by atomic mass is 14.3. The lowest BCUT2D eigenvalue weighted by molar-refractivity contribution is 1.50. The van der Waals surface area contributed by atoms with Crippen LogP contribution in [0.4, 0.5) is 0 Å². The van der Waals surface area contributed by atoms with Gasteiger partial charge in [0.25, 0.3) is 0 Å². The first-order valence-electron chi connectivity index (χ1n) is 2.61. The van der Waals surface area contributed by atoms with Crippen molar-refractivity contribution in [2.75, 3.05) is 0 Å². The van der Waals surface area contributed by atoms with Gasteiger partial charge in [0.15, 0.2) is 0 Å². The van der Waals surface area contributed by atoms with Gasteiger partial charge in [0.2, 0.25) is 0 Å². The molecule has 0 aromatic carbocycles. The van der Waals surface area contributed by atoms with Gasteiger partial charge in [-0.1, -0.05) is 12.2 Å². The van der Waals surface area contributed by atoms with E-state index in [-0.39, 0.29) is 0 Å². The third kappa shape index (κ3) is 3.34. The Hall–Kier alpha value is -0.850. The van der Waals surface area contributed by atoms with E-state index in [1.54, 1.807) is 6.08 Å². The number of hydrogen-bond donors (Lipinski definition) is 1. The first-order valence-corrected chi connectivity index (χ1v) is 2.61. The predicted octanol–water partition coefficient (Wildman–Crippen LogP) is 2.16. The molecule has 0 aromatic heterocycles. The van der Waals surface area contributed by atoms with Gasteiger partial charge in [0.05, 0.1) is 0 Å². The van der Waals surface area contributed by atoms with Crippen LogP contribution in [-0.4, -0.2) is 6.21 Å². The molecule has 0 aliphatic heterocycles. The summed E-state index contributed by atoms with van der Waals surface area (Å²) in [5.74, 6) is 0. The molecular weight excluding hydrogens is 98.1 g/mol. The number of rotatable bonds is 2. The molecule has 0 rings (SSSR count). The van der Waals surface area contributed by atoms with Crippen molar-refractivity contribution in [1.82, 2.24) is 0 Å². The molecule has 1 heteroatoms. The van der Waals surface area contributed by atoms with Crippen LogP contribution in [0.1, 0.15) is 13.8 Å². The Bertz CT molecular complexity index is 120. The Morgan fingerprint density at radius 3 is 2.50 bits per heavy atom. The second kappa shape index (κ2) is 4.31. The van der Waals surface area contributed by atoms with Crippen LogP contribution >= 0.6 is 0 Å². The van der Waals surface area contributed by atoms with Gasteiger partial charge >= 0.3 is 0 Å². The van der Waals surface area contributed by atoms with Crippen LogP contribution in [0.2, 0.25) is 0 Å². The monoisotopic (exact) mass is 109 g/mol. The van der Waals surface area contributed by atoms with Crippen LogP contribution in [-0.2, 0) is 0 Å². The summed E-state index contributed by atoms with van der Waals surface area (Å²) in [6, 6.07) is 0. The van der Waals surface area contributed by atoms with Gasteiger partial charge in [-0.25, -0.2) is 0 Å². The molecule has 0 aromatic rings. The van der Waals surface area contributed by atoms with Gasteiger partial charge in [-0.05, 0) is 25.5 Å². The number of nitrogens with one attached hydrogen (secondary N) is 1. The quantitative estimate of drug-likeness (QED) is 0.415. The van der Waals surface area contributed by atoms with Crippen LogP contribution in [0.5, 0.6) is 0 Å². The van der Waals surface area contributed by atoms with Crippen LogP contribution < -0.4 is 0 Å². The van der Waals surface area contributed by atoms with Crippen molar-refractivity contribution < 1.29 is 0 Å². The Labute approximate surface area is 50.2 Å². The highest BCUT2D eigenvalue weighted by molar-refractivity contribution is 5.69. The molecule has 0 fully saturated rings. The zero-order valence-corrected chi connectivity index (χ0v) is 5.31. The van der Waals surface area contributed by atoms with Gasteiger partial charge in [-0.2, -0.15) is 0 Å². The highest BCUT2D eigenvalue weighted by Gasteiger charge is 1.72. The first-order chi connectivity index (χ1) is 3.81. The fraction of sp³-hybridized carbons (Fsp3) is 0.286. The van der Waals surface area contributed by atoms with E-state index < -0.39 is 0 Å². The van der Waals surface area contributed by atoms with Crippen LogP contribution in [0.25, 0.3) is 0 Å². The van der Waals surface area contributed by atoms with Crippen molar-refractivity contribution in [3.63, 3.8) is 0 Å². The van der Waals surface area contributed by atoms with E-state index in [1.165, 1.54) is 6.21 Å². The molecule has 0 bridgehead atoms. The summed E-state index contributed by atoms with van der Waals surface area (Å²) in [6.07, 6.45) is 6.95. The second-order valence-corrected chi connectivity index (χ2v) is 1.58. The van der Waals surface area contributed by atoms with E-state index in [1.807, 2.05) is 26.0 Å². The van der Waals surface area contributed by atoms with Gasteiger partial charge in [0, 0.05) is 6.21 Å². The van der Waals surface area contributed by atoms with Crippen LogP contribution in [0.3, 0.4) is 0 Å². The van der Waals surface area contributed by atoms with E-state index >= 15 is 0 Å². The Morgan fingerprint density at radius 1 is 1.50 bits per heavy atom. The predicted molar refractivity (Wildman–Crippen MR) is 37.4 cm³/mol. The smallest absolute Gasteiger partial charge is 0.0180 e. The zero-order valence-electron chi connectivity index (χ0n) is 5.31. The van der Waals surface area contributed by atoms with Gasteiger partial charge < -0.3 is 5.41 Å². The summed E-state index contributed by atoms with van der Waals surface area (Å²) in [4.78, 5) is 0. The van der Waals surface area contributed by atoms with E-state index in [0.717, 1.165) is 5.57 Å². The van der Waals surface area contributed by atoms with Crippen molar-refractivity contribution in [2.45, 2.75) is 13.8 Å². The zero-order chi connectivity index (χ0) is 6.41. The molecule has 0 amide bonds. The van der Waals surface area contributed by atoms with Crippen molar-refractivity contribution in [3.8, 4) is 0 Å². The molecular formula is C7H11N. The Balaban J connectivity index is 3.79. The molecule has 0 saturated heterocycles. The molecule has 8 heavy (non-hydrogen) atoms. The molecule has 0 heterocycles. The summed E-state index contributed by atoms with van der Waals surface area (Å²) in [5.41, 5.74) is 1.11.